The fourth-order valence-corrected chi connectivity index (χ4v) is 2.27. The highest BCUT2D eigenvalue weighted by Gasteiger charge is 2.33. The van der Waals surface area contributed by atoms with Gasteiger partial charge >= 0.3 is 5.97 Å². The van der Waals surface area contributed by atoms with Gasteiger partial charge in [-0.05, 0) is 37.3 Å². The first-order chi connectivity index (χ1) is 6.83. The first-order valence-corrected chi connectivity index (χ1v) is 5.80. The topological polar surface area (TPSA) is 40.5 Å². The van der Waals surface area contributed by atoms with Gasteiger partial charge in [0.1, 0.15) is 6.04 Å². The van der Waals surface area contributed by atoms with Crippen LogP contribution < -0.4 is 0 Å². The molecule has 0 aliphatic carbocycles. The Hall–Kier alpha value is -0.570. The number of likely N-dealkylation sites (tertiary alicyclic amines) is 1. The number of carbonyl (C=O) groups is 1. The summed E-state index contributed by atoms with van der Waals surface area (Å²) in [6.45, 7) is 10.3. The molecule has 1 N–H and O–H groups in total. The molecule has 3 heteroatoms. The molecule has 0 aromatic rings. The highest BCUT2D eigenvalue weighted by Crippen LogP contribution is 2.31. The van der Waals surface area contributed by atoms with Gasteiger partial charge in [-0.15, -0.1) is 0 Å². The molecule has 1 aliphatic rings. The van der Waals surface area contributed by atoms with Crippen LogP contribution in [0.3, 0.4) is 0 Å². The Morgan fingerprint density at radius 2 is 1.73 bits per heavy atom. The number of carboxylic acid groups (broad SMARTS) is 1. The summed E-state index contributed by atoms with van der Waals surface area (Å²) >= 11 is 0. The Balaban J connectivity index is 2.61. The first-order valence-electron chi connectivity index (χ1n) is 5.80. The normalized spacial score (nSPS) is 24.1. The fourth-order valence-electron chi connectivity index (χ4n) is 2.27. The van der Waals surface area contributed by atoms with E-state index in [0.717, 1.165) is 25.9 Å². The lowest BCUT2D eigenvalue weighted by atomic mass is 9.81. The lowest BCUT2D eigenvalue weighted by Gasteiger charge is -2.40. The van der Waals surface area contributed by atoms with Crippen LogP contribution in [0.5, 0.6) is 0 Å². The smallest absolute Gasteiger partial charge is 0.321 e. The minimum Gasteiger partial charge on any atom is -0.480 e. The monoisotopic (exact) mass is 213 g/mol. The van der Waals surface area contributed by atoms with E-state index < -0.39 is 5.97 Å². The molecule has 0 bridgehead atoms. The molecule has 0 amide bonds. The summed E-state index contributed by atoms with van der Waals surface area (Å²) in [4.78, 5) is 13.3. The Morgan fingerprint density at radius 1 is 1.27 bits per heavy atom. The molecule has 88 valence electrons. The maximum absolute atomic E-state index is 11.2. The highest BCUT2D eigenvalue weighted by molar-refractivity contribution is 5.73. The van der Waals surface area contributed by atoms with Crippen LogP contribution in [-0.4, -0.2) is 35.1 Å². The maximum atomic E-state index is 11.2. The zero-order valence-electron chi connectivity index (χ0n) is 10.3. The summed E-state index contributed by atoms with van der Waals surface area (Å²) in [5.41, 5.74) is 0.385. The van der Waals surface area contributed by atoms with Crippen LogP contribution in [0.15, 0.2) is 0 Å². The molecule has 1 fully saturated rings. The molecule has 0 aromatic heterocycles. The van der Waals surface area contributed by atoms with Gasteiger partial charge in [-0.3, -0.25) is 9.69 Å². The van der Waals surface area contributed by atoms with Crippen molar-refractivity contribution in [3.63, 3.8) is 0 Å². The lowest BCUT2D eigenvalue weighted by molar-refractivity contribution is -0.146. The maximum Gasteiger partial charge on any atom is 0.321 e. The second-order valence-electron chi connectivity index (χ2n) is 5.73. The average Bonchev–Trinajstić information content (AvgIpc) is 2.07. The van der Waals surface area contributed by atoms with E-state index in [4.69, 9.17) is 0 Å². The molecular formula is C12H23NO2. The van der Waals surface area contributed by atoms with Crippen LogP contribution in [0.4, 0.5) is 0 Å². The van der Waals surface area contributed by atoms with E-state index in [2.05, 4.69) is 18.7 Å². The number of hydrogen-bond donors (Lipinski definition) is 1. The first kappa shape index (κ1) is 12.5. The van der Waals surface area contributed by atoms with Gasteiger partial charge in [0, 0.05) is 0 Å². The molecule has 0 radical (unpaired) electrons. The molecule has 1 atom stereocenters. The fraction of sp³-hybridized carbons (Fsp3) is 0.917. The molecule has 1 aliphatic heterocycles. The molecule has 1 unspecified atom stereocenters. The molecule has 0 saturated carbocycles. The Labute approximate surface area is 92.5 Å². The number of rotatable bonds is 3. The summed E-state index contributed by atoms with van der Waals surface area (Å²) in [5.74, 6) is -0.492. The van der Waals surface area contributed by atoms with Crippen molar-refractivity contribution < 1.29 is 9.90 Å². The molecule has 15 heavy (non-hydrogen) atoms. The van der Waals surface area contributed by atoms with E-state index in [0.29, 0.717) is 5.41 Å². The average molecular weight is 213 g/mol. The van der Waals surface area contributed by atoms with Crippen LogP contribution >= 0.6 is 0 Å². The zero-order valence-corrected chi connectivity index (χ0v) is 10.3. The number of hydrogen-bond acceptors (Lipinski definition) is 2. The molecule has 3 nitrogen and oxygen atoms in total. The third kappa shape index (κ3) is 3.20. The Morgan fingerprint density at radius 3 is 2.07 bits per heavy atom. The van der Waals surface area contributed by atoms with Crippen molar-refractivity contribution in [2.75, 3.05) is 13.1 Å². The Bertz CT molecular complexity index is 226. The quantitative estimate of drug-likeness (QED) is 0.781. The van der Waals surface area contributed by atoms with Gasteiger partial charge in [0.15, 0.2) is 0 Å². The van der Waals surface area contributed by atoms with Crippen molar-refractivity contribution in [2.24, 2.45) is 11.3 Å². The van der Waals surface area contributed by atoms with Gasteiger partial charge in [0.05, 0.1) is 0 Å². The summed E-state index contributed by atoms with van der Waals surface area (Å²) in [6, 6.07) is -0.305. The summed E-state index contributed by atoms with van der Waals surface area (Å²) in [5, 5.41) is 9.18. The van der Waals surface area contributed by atoms with Crippen molar-refractivity contribution in [3.05, 3.63) is 0 Å². The SMILES string of the molecule is CC(C)C(C(=O)O)N1CCC(C)(C)CC1. The Kier molecular flexibility index (Phi) is 3.77. The van der Waals surface area contributed by atoms with Crippen molar-refractivity contribution in [2.45, 2.75) is 46.6 Å². The number of carboxylic acids is 1. The number of piperidine rings is 1. The number of nitrogens with zero attached hydrogens (tertiary/aromatic N) is 1. The van der Waals surface area contributed by atoms with Gasteiger partial charge in [-0.1, -0.05) is 27.7 Å². The summed E-state index contributed by atoms with van der Waals surface area (Å²) in [7, 11) is 0. The predicted molar refractivity (Wildman–Crippen MR) is 60.8 cm³/mol. The van der Waals surface area contributed by atoms with Gasteiger partial charge < -0.3 is 5.11 Å². The zero-order chi connectivity index (χ0) is 11.6. The van der Waals surface area contributed by atoms with Gasteiger partial charge in [0.25, 0.3) is 0 Å². The standard InChI is InChI=1S/C12H23NO2/c1-9(2)10(11(14)15)13-7-5-12(3,4)6-8-13/h9-10H,5-8H2,1-4H3,(H,14,15). The molecule has 1 saturated heterocycles. The van der Waals surface area contributed by atoms with Crippen LogP contribution in [-0.2, 0) is 4.79 Å². The molecule has 1 heterocycles. The third-order valence-corrected chi connectivity index (χ3v) is 3.43. The van der Waals surface area contributed by atoms with E-state index >= 15 is 0 Å². The minimum atomic E-state index is -0.676. The van der Waals surface area contributed by atoms with Crippen LogP contribution in [0.1, 0.15) is 40.5 Å². The van der Waals surface area contributed by atoms with Gasteiger partial charge in [-0.2, -0.15) is 0 Å². The van der Waals surface area contributed by atoms with Crippen molar-refractivity contribution in [1.29, 1.82) is 0 Å². The van der Waals surface area contributed by atoms with Crippen LogP contribution in [0, 0.1) is 11.3 Å². The van der Waals surface area contributed by atoms with Crippen molar-refractivity contribution in [3.8, 4) is 0 Å². The largest absolute Gasteiger partial charge is 0.480 e. The second-order valence-corrected chi connectivity index (χ2v) is 5.73. The van der Waals surface area contributed by atoms with E-state index in [-0.39, 0.29) is 12.0 Å². The van der Waals surface area contributed by atoms with Crippen LogP contribution in [0.25, 0.3) is 0 Å². The van der Waals surface area contributed by atoms with Crippen LogP contribution in [0.2, 0.25) is 0 Å². The minimum absolute atomic E-state index is 0.184. The van der Waals surface area contributed by atoms with Gasteiger partial charge in [-0.25, -0.2) is 0 Å². The third-order valence-electron chi connectivity index (χ3n) is 3.43. The van der Waals surface area contributed by atoms with Crippen molar-refractivity contribution >= 4 is 5.97 Å². The lowest BCUT2D eigenvalue weighted by Crippen LogP contribution is -2.49. The number of aliphatic carboxylic acids is 1. The summed E-state index contributed by atoms with van der Waals surface area (Å²) in [6.07, 6.45) is 2.20. The molecule has 0 aromatic carbocycles. The van der Waals surface area contributed by atoms with Crippen molar-refractivity contribution in [1.82, 2.24) is 4.90 Å². The van der Waals surface area contributed by atoms with E-state index in [9.17, 15) is 9.90 Å². The van der Waals surface area contributed by atoms with E-state index in [1.807, 2.05) is 13.8 Å². The molecule has 1 rings (SSSR count). The highest BCUT2D eigenvalue weighted by atomic mass is 16.4. The summed E-state index contributed by atoms with van der Waals surface area (Å²) < 4.78 is 0. The molecular weight excluding hydrogens is 190 g/mol. The molecule has 0 spiro atoms. The predicted octanol–water partition coefficient (Wildman–Crippen LogP) is 2.22. The second kappa shape index (κ2) is 4.52. The van der Waals surface area contributed by atoms with E-state index in [1.54, 1.807) is 0 Å². The van der Waals surface area contributed by atoms with Gasteiger partial charge in [0.2, 0.25) is 0 Å². The van der Waals surface area contributed by atoms with E-state index in [1.165, 1.54) is 0 Å².